The lowest BCUT2D eigenvalue weighted by atomic mass is 9.82. The predicted molar refractivity (Wildman–Crippen MR) is 152 cm³/mol. The molecule has 7 nitrogen and oxygen atoms in total. The summed E-state index contributed by atoms with van der Waals surface area (Å²) < 4.78 is 0. The number of hydrogen-bond acceptors (Lipinski definition) is 5. The van der Waals surface area contributed by atoms with Crippen LogP contribution in [-0.4, -0.2) is 46.9 Å². The minimum Gasteiger partial charge on any atom is -0.382 e. The molecule has 7 heteroatoms. The number of carbonyl (C=O) groups is 1. The van der Waals surface area contributed by atoms with E-state index < -0.39 is 0 Å². The molecule has 1 aromatic heterocycles. The molecule has 37 heavy (non-hydrogen) atoms. The minimum absolute atomic E-state index is 0.0610. The number of anilines is 3. The zero-order chi connectivity index (χ0) is 26.0. The van der Waals surface area contributed by atoms with Crippen molar-refractivity contribution in [3.8, 4) is 0 Å². The maximum Gasteiger partial charge on any atom is 0.350 e. The fourth-order valence-electron chi connectivity index (χ4n) is 6.16. The van der Waals surface area contributed by atoms with E-state index in [1.54, 1.807) is 9.91 Å². The summed E-state index contributed by atoms with van der Waals surface area (Å²) in [6, 6.07) is 10.2. The third-order valence-corrected chi connectivity index (χ3v) is 8.45. The van der Waals surface area contributed by atoms with E-state index in [2.05, 4.69) is 42.8 Å². The number of urea groups is 1. The summed E-state index contributed by atoms with van der Waals surface area (Å²) in [5, 5.41) is 13.8. The molecule has 0 saturated heterocycles. The number of hydrazone groups is 1. The Balaban J connectivity index is 1.49. The van der Waals surface area contributed by atoms with Crippen LogP contribution in [0.1, 0.15) is 82.8 Å². The summed E-state index contributed by atoms with van der Waals surface area (Å²) in [5.41, 5.74) is 5.22. The molecule has 0 bridgehead atoms. The van der Waals surface area contributed by atoms with E-state index in [0.717, 1.165) is 47.6 Å². The molecule has 5 rings (SSSR count). The number of amides is 2. The van der Waals surface area contributed by atoms with Crippen LogP contribution in [0.2, 0.25) is 0 Å². The van der Waals surface area contributed by atoms with E-state index in [0.29, 0.717) is 11.7 Å². The van der Waals surface area contributed by atoms with E-state index in [9.17, 15) is 4.79 Å². The van der Waals surface area contributed by atoms with Gasteiger partial charge in [0.05, 0.1) is 29.3 Å². The Morgan fingerprint density at radius 2 is 1.81 bits per heavy atom. The van der Waals surface area contributed by atoms with Crippen LogP contribution in [0.25, 0.3) is 0 Å². The van der Waals surface area contributed by atoms with Gasteiger partial charge < -0.3 is 10.6 Å². The fourth-order valence-corrected chi connectivity index (χ4v) is 6.16. The molecular weight excluding hydrogens is 460 g/mol. The van der Waals surface area contributed by atoms with Gasteiger partial charge in [-0.25, -0.2) is 19.7 Å². The van der Waals surface area contributed by atoms with Crippen molar-refractivity contribution in [1.29, 1.82) is 0 Å². The standard InChI is InChI=1S/C30H42N6O/c1-21(2)36-29(37)35(27-15-13-24(19-32-27)33-20-30(31-4)16-8-9-17-30)26-18-22(3)12-14-25(26)28(34-36)23-10-6-5-7-11-23/h12-15,18-19,21,23,31,33H,5-11,16-17,20H2,1-4H3. The number of fused-ring (bicyclic) bond motifs is 1. The molecular formula is C30H42N6O. The number of pyridine rings is 1. The highest BCUT2D eigenvalue weighted by Crippen LogP contribution is 2.38. The second kappa shape index (κ2) is 10.8. The number of aromatic nitrogens is 1. The van der Waals surface area contributed by atoms with Crippen LogP contribution in [0.3, 0.4) is 0 Å². The highest BCUT2D eigenvalue weighted by molar-refractivity contribution is 6.13. The van der Waals surface area contributed by atoms with Crippen LogP contribution in [0.5, 0.6) is 0 Å². The van der Waals surface area contributed by atoms with E-state index in [-0.39, 0.29) is 17.6 Å². The number of nitrogens with zero attached hydrogens (tertiary/aromatic N) is 4. The molecule has 1 aromatic carbocycles. The van der Waals surface area contributed by atoms with Gasteiger partial charge in [0, 0.05) is 23.6 Å². The summed E-state index contributed by atoms with van der Waals surface area (Å²) in [7, 11) is 2.06. The monoisotopic (exact) mass is 502 g/mol. The molecule has 0 unspecified atom stereocenters. The first-order valence-corrected chi connectivity index (χ1v) is 14.1. The number of benzene rings is 1. The quantitative estimate of drug-likeness (QED) is 0.447. The molecule has 0 radical (unpaired) electrons. The first kappa shape index (κ1) is 25.7. The summed E-state index contributed by atoms with van der Waals surface area (Å²) >= 11 is 0. The van der Waals surface area contributed by atoms with Gasteiger partial charge in [0.25, 0.3) is 0 Å². The van der Waals surface area contributed by atoms with Crippen molar-refractivity contribution in [2.75, 3.05) is 23.8 Å². The van der Waals surface area contributed by atoms with E-state index in [1.807, 2.05) is 32.2 Å². The van der Waals surface area contributed by atoms with Gasteiger partial charge in [0.15, 0.2) is 0 Å². The van der Waals surface area contributed by atoms with Gasteiger partial charge in [0.1, 0.15) is 5.82 Å². The van der Waals surface area contributed by atoms with E-state index in [1.165, 1.54) is 44.9 Å². The SMILES string of the molecule is CNC1(CNc2ccc(N3C(=O)N(C(C)C)N=C(C4CCCCC4)c4ccc(C)cc43)nc2)CCCC1. The largest absolute Gasteiger partial charge is 0.382 e. The zero-order valence-corrected chi connectivity index (χ0v) is 22.9. The third-order valence-electron chi connectivity index (χ3n) is 8.45. The molecule has 2 heterocycles. The predicted octanol–water partition coefficient (Wildman–Crippen LogP) is 6.60. The Morgan fingerprint density at radius 3 is 2.46 bits per heavy atom. The van der Waals surface area contributed by atoms with Crippen LogP contribution < -0.4 is 15.5 Å². The topological polar surface area (TPSA) is 72.9 Å². The highest BCUT2D eigenvalue weighted by atomic mass is 16.2. The number of rotatable bonds is 7. The highest BCUT2D eigenvalue weighted by Gasteiger charge is 2.36. The lowest BCUT2D eigenvalue weighted by Crippen LogP contribution is -2.46. The molecule has 0 atom stereocenters. The van der Waals surface area contributed by atoms with Crippen molar-refractivity contribution in [1.82, 2.24) is 15.3 Å². The summed E-state index contributed by atoms with van der Waals surface area (Å²) in [6.07, 6.45) is 12.7. The van der Waals surface area contributed by atoms with E-state index in [4.69, 9.17) is 10.1 Å². The second-order valence-corrected chi connectivity index (χ2v) is 11.4. The van der Waals surface area contributed by atoms with Gasteiger partial charge >= 0.3 is 6.03 Å². The van der Waals surface area contributed by atoms with E-state index >= 15 is 0 Å². The fraction of sp³-hybridized carbons (Fsp3) is 0.567. The van der Waals surface area contributed by atoms with Gasteiger partial charge in [-0.1, -0.05) is 44.2 Å². The van der Waals surface area contributed by atoms with Gasteiger partial charge in [-0.05, 0) is 77.3 Å². The Morgan fingerprint density at radius 1 is 1.05 bits per heavy atom. The van der Waals surface area contributed by atoms with Crippen molar-refractivity contribution < 1.29 is 4.79 Å². The lowest BCUT2D eigenvalue weighted by molar-refractivity contribution is 0.195. The first-order chi connectivity index (χ1) is 17.9. The van der Waals surface area contributed by atoms with Crippen LogP contribution in [-0.2, 0) is 0 Å². The molecule has 2 aromatic rings. The van der Waals surface area contributed by atoms with Crippen LogP contribution in [0.4, 0.5) is 22.0 Å². The van der Waals surface area contributed by atoms with Crippen molar-refractivity contribution >= 4 is 28.9 Å². The molecule has 3 aliphatic rings. The van der Waals surface area contributed by atoms with Crippen LogP contribution in [0, 0.1) is 12.8 Å². The molecule has 2 amide bonds. The molecule has 0 spiro atoms. The Bertz CT molecular complexity index is 1130. The van der Waals surface area contributed by atoms with Crippen LogP contribution in [0.15, 0.2) is 41.6 Å². The summed E-state index contributed by atoms with van der Waals surface area (Å²) in [5.74, 6) is 0.996. The maximum atomic E-state index is 14.0. The van der Waals surface area contributed by atoms with Crippen molar-refractivity contribution in [3.05, 3.63) is 47.7 Å². The summed E-state index contributed by atoms with van der Waals surface area (Å²) in [6.45, 7) is 7.00. The van der Waals surface area contributed by atoms with Crippen molar-refractivity contribution in [3.63, 3.8) is 0 Å². The number of likely N-dealkylation sites (N-methyl/N-ethyl adjacent to an activating group) is 1. The molecule has 198 valence electrons. The van der Waals surface area contributed by atoms with Crippen molar-refractivity contribution in [2.45, 2.75) is 90.1 Å². The van der Waals surface area contributed by atoms with Gasteiger partial charge in [-0.3, -0.25) is 0 Å². The normalized spacial score (nSPS) is 20.1. The molecule has 1 aliphatic heterocycles. The third kappa shape index (κ3) is 5.24. The average Bonchev–Trinajstić information content (AvgIpc) is 3.34. The number of aryl methyl sites for hydroxylation is 1. The minimum atomic E-state index is -0.152. The Kier molecular flexibility index (Phi) is 7.52. The second-order valence-electron chi connectivity index (χ2n) is 11.4. The molecule has 2 aliphatic carbocycles. The van der Waals surface area contributed by atoms with Gasteiger partial charge in [-0.15, -0.1) is 0 Å². The Labute approximate surface area is 221 Å². The van der Waals surface area contributed by atoms with Crippen LogP contribution >= 0.6 is 0 Å². The van der Waals surface area contributed by atoms with Gasteiger partial charge in [-0.2, -0.15) is 5.10 Å². The molecule has 2 N–H and O–H groups in total. The first-order valence-electron chi connectivity index (χ1n) is 14.1. The number of hydrogen-bond donors (Lipinski definition) is 2. The average molecular weight is 503 g/mol. The smallest absolute Gasteiger partial charge is 0.350 e. The zero-order valence-electron chi connectivity index (χ0n) is 22.9. The Hall–Kier alpha value is -2.93. The number of nitrogens with one attached hydrogen (secondary N) is 2. The molecule has 2 fully saturated rings. The van der Waals surface area contributed by atoms with Crippen molar-refractivity contribution in [2.24, 2.45) is 11.0 Å². The molecule has 2 saturated carbocycles. The van der Waals surface area contributed by atoms with Gasteiger partial charge in [0.2, 0.25) is 0 Å². The maximum absolute atomic E-state index is 14.0. The lowest BCUT2D eigenvalue weighted by Gasteiger charge is -2.30. The summed E-state index contributed by atoms with van der Waals surface area (Å²) in [4.78, 5) is 20.6. The number of carbonyl (C=O) groups excluding carboxylic acids is 1.